The van der Waals surface area contributed by atoms with Gasteiger partial charge in [-0.05, 0) is 36.4 Å². The number of nitrogens with zero attached hydrogens (tertiary/aromatic N) is 1. The number of aromatic amines is 1. The molecular weight excluding hydrogens is 395 g/mol. The van der Waals surface area contributed by atoms with Crippen LogP contribution in [0, 0.1) is 0 Å². The Morgan fingerprint density at radius 2 is 1.81 bits per heavy atom. The molecule has 3 rings (SSSR count). The Labute approximate surface area is 173 Å². The first-order valence-electron chi connectivity index (χ1n) is 6.75. The van der Waals surface area contributed by atoms with Crippen LogP contribution < -0.4 is 11.2 Å². The summed E-state index contributed by atoms with van der Waals surface area (Å²) in [6.45, 7) is 0. The van der Waals surface area contributed by atoms with Gasteiger partial charge in [0.15, 0.2) is 0 Å². The molecule has 3 aromatic rings. The molecule has 0 saturated heterocycles. The summed E-state index contributed by atoms with van der Waals surface area (Å²) in [5.41, 5.74) is -2.44. The molecule has 0 unspecified atom stereocenters. The Bertz CT molecular complexity index is 1250. The molecule has 2 aromatic carbocycles. The molecule has 130 valence electrons. The maximum absolute atomic E-state index is 12.7. The predicted octanol–water partition coefficient (Wildman–Crippen LogP) is 0.630. The van der Waals surface area contributed by atoms with Crippen LogP contribution in [0.15, 0.2) is 56.9 Å². The van der Waals surface area contributed by atoms with E-state index >= 15 is 0 Å². The fraction of sp³-hybridized carbons (Fsp3) is 0. The predicted molar refractivity (Wildman–Crippen MR) is 97.0 cm³/mol. The Kier molecular flexibility index (Phi) is 5.79. The standard InChI is InChI=1S/C15H9ClN2O6S.Na.H/c16-9-4-5-11-12(7-9)17-15(22)18(13(11)19)25(23,24)10-3-1-2-8(6-10)14(20)21;;/h1-7H,(H,17,22)(H,20,21);;. The van der Waals surface area contributed by atoms with Crippen molar-refractivity contribution in [2.24, 2.45) is 0 Å². The molecule has 2 N–H and O–H groups in total. The molecule has 0 atom stereocenters. The van der Waals surface area contributed by atoms with E-state index < -0.39 is 32.1 Å². The van der Waals surface area contributed by atoms with Gasteiger partial charge in [0.1, 0.15) is 0 Å². The monoisotopic (exact) mass is 404 g/mol. The molecule has 0 spiro atoms. The zero-order valence-electron chi connectivity index (χ0n) is 12.3. The second-order valence-corrected chi connectivity index (χ2v) is 7.25. The van der Waals surface area contributed by atoms with Gasteiger partial charge in [-0.1, -0.05) is 17.7 Å². The molecule has 0 aliphatic rings. The van der Waals surface area contributed by atoms with Gasteiger partial charge < -0.3 is 10.1 Å². The summed E-state index contributed by atoms with van der Waals surface area (Å²) in [5.74, 6) is -1.34. The van der Waals surface area contributed by atoms with Crippen molar-refractivity contribution in [3.63, 3.8) is 0 Å². The van der Waals surface area contributed by atoms with E-state index in [0.717, 1.165) is 12.1 Å². The van der Waals surface area contributed by atoms with Crippen LogP contribution in [0.5, 0.6) is 0 Å². The summed E-state index contributed by atoms with van der Waals surface area (Å²) < 4.78 is 25.4. The van der Waals surface area contributed by atoms with Crippen molar-refractivity contribution < 1.29 is 18.3 Å². The fourth-order valence-electron chi connectivity index (χ4n) is 2.29. The van der Waals surface area contributed by atoms with E-state index in [4.69, 9.17) is 16.7 Å². The summed E-state index contributed by atoms with van der Waals surface area (Å²) in [5, 5.41) is 9.19. The summed E-state index contributed by atoms with van der Waals surface area (Å²) in [6.07, 6.45) is 0. The van der Waals surface area contributed by atoms with Crippen molar-refractivity contribution in [2.45, 2.75) is 4.90 Å². The first-order chi connectivity index (χ1) is 11.7. The van der Waals surface area contributed by atoms with Gasteiger partial charge in [0.2, 0.25) is 0 Å². The van der Waals surface area contributed by atoms with Gasteiger partial charge in [-0.25, -0.2) is 18.0 Å². The molecule has 0 saturated carbocycles. The minimum atomic E-state index is -4.59. The number of carbonyl (C=O) groups is 1. The number of halogens is 1. The van der Waals surface area contributed by atoms with E-state index in [1.165, 1.54) is 30.3 Å². The quantitative estimate of drug-likeness (QED) is 0.616. The number of carboxylic acids is 1. The van der Waals surface area contributed by atoms with Crippen molar-refractivity contribution in [3.05, 3.63) is 73.9 Å². The van der Waals surface area contributed by atoms with Crippen LogP contribution in [0.1, 0.15) is 10.4 Å². The van der Waals surface area contributed by atoms with Crippen LogP contribution in [0.3, 0.4) is 0 Å². The third kappa shape index (κ3) is 3.49. The zero-order chi connectivity index (χ0) is 18.4. The molecule has 0 radical (unpaired) electrons. The third-order valence-corrected chi connectivity index (χ3v) is 5.34. The van der Waals surface area contributed by atoms with Crippen molar-refractivity contribution in [3.8, 4) is 0 Å². The SMILES string of the molecule is O=C(O)c1cccc(S(=O)(=O)n2c(=O)[nH]c3cc(Cl)ccc3c2=O)c1.[NaH]. The number of aromatic nitrogens is 2. The van der Waals surface area contributed by atoms with Gasteiger partial charge in [-0.15, -0.1) is 3.97 Å². The second-order valence-electron chi connectivity index (χ2n) is 5.03. The molecular formula is C15H10ClN2NaO6S. The van der Waals surface area contributed by atoms with Gasteiger partial charge in [0.25, 0.3) is 15.6 Å². The average molecular weight is 405 g/mol. The van der Waals surface area contributed by atoms with E-state index in [0.29, 0.717) is 0 Å². The van der Waals surface area contributed by atoms with Gasteiger partial charge in [0.05, 0.1) is 21.4 Å². The van der Waals surface area contributed by atoms with E-state index in [2.05, 4.69) is 4.98 Å². The normalized spacial score (nSPS) is 11.1. The van der Waals surface area contributed by atoms with Gasteiger partial charge in [0, 0.05) is 5.02 Å². The van der Waals surface area contributed by atoms with Crippen molar-refractivity contribution >= 4 is 68.1 Å². The Morgan fingerprint density at radius 1 is 1.12 bits per heavy atom. The van der Waals surface area contributed by atoms with Gasteiger partial charge in [-0.2, -0.15) is 0 Å². The minimum absolute atomic E-state index is 0. The summed E-state index contributed by atoms with van der Waals surface area (Å²) in [4.78, 5) is 37.5. The summed E-state index contributed by atoms with van der Waals surface area (Å²) in [7, 11) is -4.59. The maximum atomic E-state index is 12.7. The van der Waals surface area contributed by atoms with E-state index in [-0.39, 0.29) is 55.0 Å². The zero-order valence-corrected chi connectivity index (χ0v) is 13.8. The number of nitrogens with one attached hydrogen (secondary N) is 1. The molecule has 1 heterocycles. The number of benzene rings is 2. The van der Waals surface area contributed by atoms with Crippen LogP contribution in [-0.2, 0) is 10.0 Å². The number of rotatable bonds is 3. The molecule has 0 amide bonds. The van der Waals surface area contributed by atoms with Crippen molar-refractivity contribution in [1.29, 1.82) is 0 Å². The first-order valence-corrected chi connectivity index (χ1v) is 8.57. The third-order valence-electron chi connectivity index (χ3n) is 3.44. The number of hydrogen-bond donors (Lipinski definition) is 2. The Hall–Kier alpha value is -1.91. The second kappa shape index (κ2) is 7.37. The average Bonchev–Trinajstić information content (AvgIpc) is 2.54. The van der Waals surface area contributed by atoms with Crippen LogP contribution in [0.4, 0.5) is 0 Å². The van der Waals surface area contributed by atoms with E-state index in [9.17, 15) is 22.8 Å². The Balaban J connectivity index is 0.00000243. The number of carboxylic acid groups (broad SMARTS) is 1. The number of fused-ring (bicyclic) bond motifs is 1. The Morgan fingerprint density at radius 3 is 2.46 bits per heavy atom. The molecule has 0 aliphatic heterocycles. The molecule has 1 aromatic heterocycles. The topological polar surface area (TPSA) is 126 Å². The van der Waals surface area contributed by atoms with Crippen LogP contribution >= 0.6 is 11.6 Å². The number of aromatic carboxylic acids is 1. The van der Waals surface area contributed by atoms with Gasteiger partial charge >= 0.3 is 41.2 Å². The molecule has 0 bridgehead atoms. The van der Waals surface area contributed by atoms with Crippen LogP contribution in [0.25, 0.3) is 10.9 Å². The molecule has 11 heteroatoms. The van der Waals surface area contributed by atoms with E-state index in [1.54, 1.807) is 0 Å². The summed E-state index contributed by atoms with van der Waals surface area (Å²) in [6, 6.07) is 8.35. The van der Waals surface area contributed by atoms with Crippen LogP contribution in [0.2, 0.25) is 5.02 Å². The first kappa shape index (κ1) is 20.4. The molecule has 26 heavy (non-hydrogen) atoms. The summed E-state index contributed by atoms with van der Waals surface area (Å²) >= 11 is 5.79. The van der Waals surface area contributed by atoms with Crippen LogP contribution in [-0.4, -0.2) is 58.0 Å². The van der Waals surface area contributed by atoms with E-state index in [1.807, 2.05) is 0 Å². The van der Waals surface area contributed by atoms with Gasteiger partial charge in [-0.3, -0.25) is 4.79 Å². The van der Waals surface area contributed by atoms with Crippen molar-refractivity contribution in [1.82, 2.24) is 8.96 Å². The molecule has 0 fully saturated rings. The number of hydrogen-bond acceptors (Lipinski definition) is 5. The molecule has 8 nitrogen and oxygen atoms in total. The number of H-pyrrole nitrogens is 1. The fourth-order valence-corrected chi connectivity index (χ4v) is 3.78. The van der Waals surface area contributed by atoms with Crippen molar-refractivity contribution in [2.75, 3.05) is 0 Å². The molecule has 0 aliphatic carbocycles.